The molecule has 2 heterocycles. The van der Waals surface area contributed by atoms with Crippen molar-refractivity contribution in [3.05, 3.63) is 17.6 Å². The molecule has 4 heteroatoms. The maximum atomic E-state index is 9.74. The standard InChI is InChI=1S/C13H21N3O/c1-4-11-7-13(15-10(3)14-11)16-6-5-12(17)9(2)8-16/h7,9,12,17H,4-6,8H2,1-3H3. The van der Waals surface area contributed by atoms with Crippen LogP contribution in [-0.4, -0.2) is 34.3 Å². The van der Waals surface area contributed by atoms with Crippen molar-refractivity contribution in [2.24, 2.45) is 5.92 Å². The molecule has 0 saturated carbocycles. The summed E-state index contributed by atoms with van der Waals surface area (Å²) in [6.07, 6.45) is 1.59. The SMILES string of the molecule is CCc1cc(N2CCC(O)C(C)C2)nc(C)n1. The summed E-state index contributed by atoms with van der Waals surface area (Å²) in [5, 5.41) is 9.74. The Kier molecular flexibility index (Phi) is 3.62. The minimum Gasteiger partial charge on any atom is -0.393 e. The van der Waals surface area contributed by atoms with Gasteiger partial charge in [-0.25, -0.2) is 9.97 Å². The Morgan fingerprint density at radius 1 is 1.47 bits per heavy atom. The van der Waals surface area contributed by atoms with E-state index in [4.69, 9.17) is 0 Å². The Balaban J connectivity index is 2.19. The van der Waals surface area contributed by atoms with Crippen LogP contribution < -0.4 is 4.90 Å². The summed E-state index contributed by atoms with van der Waals surface area (Å²) in [7, 11) is 0. The zero-order valence-electron chi connectivity index (χ0n) is 10.8. The van der Waals surface area contributed by atoms with Crippen molar-refractivity contribution >= 4 is 5.82 Å². The van der Waals surface area contributed by atoms with Crippen LogP contribution in [0.1, 0.15) is 31.8 Å². The quantitative estimate of drug-likeness (QED) is 0.845. The second kappa shape index (κ2) is 5.00. The number of anilines is 1. The lowest BCUT2D eigenvalue weighted by Crippen LogP contribution is -2.42. The van der Waals surface area contributed by atoms with Gasteiger partial charge < -0.3 is 10.0 Å². The number of aliphatic hydroxyl groups is 1. The van der Waals surface area contributed by atoms with E-state index in [2.05, 4.69) is 34.8 Å². The highest BCUT2D eigenvalue weighted by Gasteiger charge is 2.25. The van der Waals surface area contributed by atoms with Gasteiger partial charge in [-0.2, -0.15) is 0 Å². The van der Waals surface area contributed by atoms with Gasteiger partial charge in [0.15, 0.2) is 0 Å². The van der Waals surface area contributed by atoms with Crippen LogP contribution in [0.5, 0.6) is 0 Å². The van der Waals surface area contributed by atoms with Crippen molar-refractivity contribution in [3.63, 3.8) is 0 Å². The van der Waals surface area contributed by atoms with E-state index in [1.54, 1.807) is 0 Å². The fourth-order valence-electron chi connectivity index (χ4n) is 2.30. The number of aromatic nitrogens is 2. The summed E-state index contributed by atoms with van der Waals surface area (Å²) >= 11 is 0. The Labute approximate surface area is 103 Å². The largest absolute Gasteiger partial charge is 0.393 e. The van der Waals surface area contributed by atoms with E-state index >= 15 is 0 Å². The van der Waals surface area contributed by atoms with Gasteiger partial charge in [0, 0.05) is 24.8 Å². The van der Waals surface area contributed by atoms with Gasteiger partial charge in [-0.05, 0) is 25.7 Å². The van der Waals surface area contributed by atoms with Crippen molar-refractivity contribution in [1.29, 1.82) is 0 Å². The van der Waals surface area contributed by atoms with E-state index in [1.165, 1.54) is 0 Å². The molecule has 0 aliphatic carbocycles. The van der Waals surface area contributed by atoms with Crippen molar-refractivity contribution in [3.8, 4) is 0 Å². The zero-order valence-corrected chi connectivity index (χ0v) is 10.8. The lowest BCUT2D eigenvalue weighted by Gasteiger charge is -2.35. The van der Waals surface area contributed by atoms with Gasteiger partial charge in [0.2, 0.25) is 0 Å². The third-order valence-corrected chi connectivity index (χ3v) is 3.42. The minimum absolute atomic E-state index is 0.167. The molecule has 1 N–H and O–H groups in total. The average molecular weight is 235 g/mol. The fourth-order valence-corrected chi connectivity index (χ4v) is 2.30. The topological polar surface area (TPSA) is 49.2 Å². The van der Waals surface area contributed by atoms with Crippen LogP contribution in [0.4, 0.5) is 5.82 Å². The van der Waals surface area contributed by atoms with E-state index < -0.39 is 0 Å². The predicted molar refractivity (Wildman–Crippen MR) is 68.1 cm³/mol. The second-order valence-corrected chi connectivity index (χ2v) is 4.90. The van der Waals surface area contributed by atoms with Gasteiger partial charge in [0.25, 0.3) is 0 Å². The van der Waals surface area contributed by atoms with Crippen molar-refractivity contribution in [2.45, 2.75) is 39.7 Å². The van der Waals surface area contributed by atoms with Crippen LogP contribution in [0.25, 0.3) is 0 Å². The average Bonchev–Trinajstić information content (AvgIpc) is 2.32. The molecule has 4 nitrogen and oxygen atoms in total. The van der Waals surface area contributed by atoms with Crippen molar-refractivity contribution in [2.75, 3.05) is 18.0 Å². The minimum atomic E-state index is -0.167. The fraction of sp³-hybridized carbons (Fsp3) is 0.692. The normalized spacial score (nSPS) is 25.1. The zero-order chi connectivity index (χ0) is 12.4. The number of piperidine rings is 1. The number of hydrogen-bond acceptors (Lipinski definition) is 4. The molecule has 1 fully saturated rings. The summed E-state index contributed by atoms with van der Waals surface area (Å²) in [5.41, 5.74) is 1.09. The van der Waals surface area contributed by atoms with Gasteiger partial charge in [0.1, 0.15) is 11.6 Å². The molecule has 0 amide bonds. The van der Waals surface area contributed by atoms with E-state index in [0.29, 0.717) is 5.92 Å². The van der Waals surface area contributed by atoms with Crippen LogP contribution in [-0.2, 0) is 6.42 Å². The smallest absolute Gasteiger partial charge is 0.132 e. The Hall–Kier alpha value is -1.16. The van der Waals surface area contributed by atoms with E-state index in [0.717, 1.165) is 43.3 Å². The van der Waals surface area contributed by atoms with E-state index in [-0.39, 0.29) is 6.10 Å². The number of nitrogens with zero attached hydrogens (tertiary/aromatic N) is 3. The van der Waals surface area contributed by atoms with Crippen LogP contribution >= 0.6 is 0 Å². The molecular weight excluding hydrogens is 214 g/mol. The molecular formula is C13H21N3O. The van der Waals surface area contributed by atoms with Crippen molar-refractivity contribution < 1.29 is 5.11 Å². The molecule has 1 aromatic heterocycles. The summed E-state index contributed by atoms with van der Waals surface area (Å²) in [6.45, 7) is 7.89. The number of hydrogen-bond donors (Lipinski definition) is 1. The molecule has 1 aliphatic rings. The predicted octanol–water partition coefficient (Wildman–Crippen LogP) is 1.55. The monoisotopic (exact) mass is 235 g/mol. The lowest BCUT2D eigenvalue weighted by molar-refractivity contribution is 0.0969. The first-order valence-corrected chi connectivity index (χ1v) is 6.37. The molecule has 0 spiro atoms. The van der Waals surface area contributed by atoms with Gasteiger partial charge in [-0.3, -0.25) is 0 Å². The molecule has 2 unspecified atom stereocenters. The second-order valence-electron chi connectivity index (χ2n) is 4.90. The molecule has 2 rings (SSSR count). The Morgan fingerprint density at radius 2 is 2.24 bits per heavy atom. The number of aryl methyl sites for hydroxylation is 2. The Bertz CT molecular complexity index is 394. The van der Waals surface area contributed by atoms with Gasteiger partial charge in [-0.1, -0.05) is 13.8 Å². The highest BCUT2D eigenvalue weighted by atomic mass is 16.3. The van der Waals surface area contributed by atoms with Crippen LogP contribution in [0.15, 0.2) is 6.07 Å². The van der Waals surface area contributed by atoms with E-state index in [1.807, 2.05) is 6.92 Å². The third-order valence-electron chi connectivity index (χ3n) is 3.42. The first kappa shape index (κ1) is 12.3. The molecule has 17 heavy (non-hydrogen) atoms. The molecule has 0 aromatic carbocycles. The molecule has 1 aliphatic heterocycles. The third kappa shape index (κ3) is 2.75. The summed E-state index contributed by atoms with van der Waals surface area (Å²) in [4.78, 5) is 11.1. The summed E-state index contributed by atoms with van der Waals surface area (Å²) in [5.74, 6) is 2.15. The highest BCUT2D eigenvalue weighted by Crippen LogP contribution is 2.22. The van der Waals surface area contributed by atoms with Gasteiger partial charge >= 0.3 is 0 Å². The Morgan fingerprint density at radius 3 is 2.88 bits per heavy atom. The maximum absolute atomic E-state index is 9.74. The number of aliphatic hydroxyl groups excluding tert-OH is 1. The molecule has 94 valence electrons. The highest BCUT2D eigenvalue weighted by molar-refractivity contribution is 5.40. The van der Waals surface area contributed by atoms with Gasteiger partial charge in [-0.15, -0.1) is 0 Å². The molecule has 2 atom stereocenters. The maximum Gasteiger partial charge on any atom is 0.132 e. The van der Waals surface area contributed by atoms with E-state index in [9.17, 15) is 5.11 Å². The van der Waals surface area contributed by atoms with Gasteiger partial charge in [0.05, 0.1) is 6.10 Å². The lowest BCUT2D eigenvalue weighted by atomic mass is 9.97. The number of rotatable bonds is 2. The first-order valence-electron chi connectivity index (χ1n) is 6.37. The van der Waals surface area contributed by atoms with Crippen molar-refractivity contribution in [1.82, 2.24) is 9.97 Å². The van der Waals surface area contributed by atoms with Crippen LogP contribution in [0, 0.1) is 12.8 Å². The molecule has 1 aromatic rings. The van der Waals surface area contributed by atoms with Crippen LogP contribution in [0.2, 0.25) is 0 Å². The molecule has 1 saturated heterocycles. The molecule has 0 radical (unpaired) electrons. The van der Waals surface area contributed by atoms with Crippen LogP contribution in [0.3, 0.4) is 0 Å². The summed E-state index contributed by atoms with van der Waals surface area (Å²) < 4.78 is 0. The summed E-state index contributed by atoms with van der Waals surface area (Å²) in [6, 6.07) is 2.07. The first-order chi connectivity index (χ1) is 8.10. The molecule has 0 bridgehead atoms.